The zero-order valence-electron chi connectivity index (χ0n) is 14.1. The number of amides is 1. The summed E-state index contributed by atoms with van der Waals surface area (Å²) >= 11 is 0. The molecule has 0 aliphatic heterocycles. The van der Waals surface area contributed by atoms with Crippen LogP contribution in [-0.4, -0.2) is 28.6 Å². The summed E-state index contributed by atoms with van der Waals surface area (Å²) in [5, 5.41) is 7.00. The van der Waals surface area contributed by atoms with E-state index in [0.717, 1.165) is 16.5 Å². The highest BCUT2D eigenvalue weighted by molar-refractivity contribution is 5.99. The molecule has 0 fully saturated rings. The molecule has 3 rings (SSSR count). The van der Waals surface area contributed by atoms with Crippen LogP contribution in [0.2, 0.25) is 0 Å². The maximum atomic E-state index is 12.4. The summed E-state index contributed by atoms with van der Waals surface area (Å²) < 4.78 is 10.0. The number of nitrogens with zero attached hydrogens (tertiary/aromatic N) is 2. The van der Waals surface area contributed by atoms with Crippen molar-refractivity contribution < 1.29 is 18.8 Å². The van der Waals surface area contributed by atoms with E-state index < -0.39 is 18.5 Å². The molecule has 1 N–H and O–H groups in total. The van der Waals surface area contributed by atoms with Crippen LogP contribution in [0.3, 0.4) is 0 Å². The molecule has 0 aliphatic carbocycles. The molecule has 7 nitrogen and oxygen atoms in total. The Bertz CT molecular complexity index is 962. The van der Waals surface area contributed by atoms with E-state index in [9.17, 15) is 9.59 Å². The van der Waals surface area contributed by atoms with Crippen molar-refractivity contribution in [2.24, 2.45) is 0 Å². The Labute approximate surface area is 144 Å². The van der Waals surface area contributed by atoms with Gasteiger partial charge in [-0.25, -0.2) is 4.79 Å². The fourth-order valence-corrected chi connectivity index (χ4v) is 2.63. The molecule has 1 amide bonds. The van der Waals surface area contributed by atoms with Crippen LogP contribution < -0.4 is 5.32 Å². The minimum Gasteiger partial charge on any atom is -0.452 e. The number of anilines is 1. The fraction of sp³-hybridized carbons (Fsp3) is 0.222. The first-order valence-corrected chi connectivity index (χ1v) is 7.72. The lowest BCUT2D eigenvalue weighted by Gasteiger charge is -2.11. The Kier molecular flexibility index (Phi) is 4.47. The Hall–Kier alpha value is -3.22. The summed E-state index contributed by atoms with van der Waals surface area (Å²) in [6.07, 6.45) is 0. The van der Waals surface area contributed by atoms with E-state index in [1.165, 1.54) is 0 Å². The predicted molar refractivity (Wildman–Crippen MR) is 91.4 cm³/mol. The van der Waals surface area contributed by atoms with Crippen LogP contribution in [-0.2, 0) is 9.53 Å². The van der Waals surface area contributed by atoms with Gasteiger partial charge >= 0.3 is 5.97 Å². The third kappa shape index (κ3) is 3.50. The molecule has 0 saturated heterocycles. The van der Waals surface area contributed by atoms with Crippen LogP contribution in [0.15, 0.2) is 34.9 Å². The molecule has 1 aromatic carbocycles. The second-order valence-electron chi connectivity index (χ2n) is 5.67. The Morgan fingerprint density at radius 1 is 1.20 bits per heavy atom. The van der Waals surface area contributed by atoms with Crippen LogP contribution in [0, 0.1) is 20.8 Å². The minimum atomic E-state index is -0.586. The first-order chi connectivity index (χ1) is 12.0. The number of para-hydroxylation sites is 1. The highest BCUT2D eigenvalue weighted by Crippen LogP contribution is 2.23. The van der Waals surface area contributed by atoms with Gasteiger partial charge in [-0.3, -0.25) is 15.1 Å². The van der Waals surface area contributed by atoms with Gasteiger partial charge in [-0.1, -0.05) is 23.4 Å². The Balaban J connectivity index is 1.73. The largest absolute Gasteiger partial charge is 0.452 e. The van der Waals surface area contributed by atoms with Crippen molar-refractivity contribution in [3.05, 3.63) is 52.8 Å². The van der Waals surface area contributed by atoms with Gasteiger partial charge in [0, 0.05) is 11.5 Å². The number of rotatable bonds is 4. The van der Waals surface area contributed by atoms with Gasteiger partial charge in [0.25, 0.3) is 5.91 Å². The van der Waals surface area contributed by atoms with E-state index >= 15 is 0 Å². The standard InChI is InChI=1S/C18H17N3O4/c1-10-8-16(25-21-10)20-15(22)9-24-18(23)17-11(2)13-6-4-5-7-14(13)19-12(17)3/h4-8H,9H2,1-3H3,(H,20,22). The number of fused-ring (bicyclic) bond motifs is 1. The van der Waals surface area contributed by atoms with E-state index in [4.69, 9.17) is 9.26 Å². The summed E-state index contributed by atoms with van der Waals surface area (Å²) in [5.74, 6) is -0.885. The zero-order valence-corrected chi connectivity index (χ0v) is 14.1. The number of aromatic nitrogens is 2. The van der Waals surface area contributed by atoms with E-state index in [2.05, 4.69) is 15.5 Å². The van der Waals surface area contributed by atoms with Gasteiger partial charge in [-0.2, -0.15) is 0 Å². The van der Waals surface area contributed by atoms with Gasteiger partial charge in [0.1, 0.15) is 0 Å². The number of pyridine rings is 1. The third-order valence-electron chi connectivity index (χ3n) is 3.76. The molecule has 7 heteroatoms. The molecule has 0 atom stereocenters. The summed E-state index contributed by atoms with van der Waals surface area (Å²) in [6, 6.07) is 9.13. The van der Waals surface area contributed by atoms with Crippen LogP contribution in [0.25, 0.3) is 10.9 Å². The normalized spacial score (nSPS) is 10.7. The molecular formula is C18H17N3O4. The number of carbonyl (C=O) groups is 2. The van der Waals surface area contributed by atoms with Gasteiger partial charge in [0.2, 0.25) is 5.88 Å². The molecule has 25 heavy (non-hydrogen) atoms. The number of benzene rings is 1. The highest BCUT2D eigenvalue weighted by atomic mass is 16.5. The molecule has 0 saturated carbocycles. The number of carbonyl (C=O) groups excluding carboxylic acids is 2. The number of aryl methyl sites for hydroxylation is 3. The SMILES string of the molecule is Cc1cc(NC(=O)COC(=O)c2c(C)nc3ccccc3c2C)on1. The lowest BCUT2D eigenvalue weighted by molar-refractivity contribution is -0.119. The zero-order chi connectivity index (χ0) is 18.0. The monoisotopic (exact) mass is 339 g/mol. The topological polar surface area (TPSA) is 94.3 Å². The summed E-state index contributed by atoms with van der Waals surface area (Å²) in [4.78, 5) is 28.7. The predicted octanol–water partition coefficient (Wildman–Crippen LogP) is 2.94. The van der Waals surface area contributed by atoms with Crippen molar-refractivity contribution in [1.82, 2.24) is 10.1 Å². The molecule has 128 valence electrons. The van der Waals surface area contributed by atoms with Crippen LogP contribution in [0.5, 0.6) is 0 Å². The lowest BCUT2D eigenvalue weighted by atomic mass is 10.0. The second-order valence-corrected chi connectivity index (χ2v) is 5.67. The summed E-state index contributed by atoms with van der Waals surface area (Å²) in [7, 11) is 0. The van der Waals surface area contributed by atoms with Crippen molar-refractivity contribution in [2.45, 2.75) is 20.8 Å². The number of esters is 1. The lowest BCUT2D eigenvalue weighted by Crippen LogP contribution is -2.21. The maximum absolute atomic E-state index is 12.4. The maximum Gasteiger partial charge on any atom is 0.340 e. The summed E-state index contributed by atoms with van der Waals surface area (Å²) in [6.45, 7) is 4.89. The van der Waals surface area contributed by atoms with Crippen molar-refractivity contribution in [3.63, 3.8) is 0 Å². The number of ether oxygens (including phenoxy) is 1. The van der Waals surface area contributed by atoms with Gasteiger partial charge in [0.05, 0.1) is 22.5 Å². The van der Waals surface area contributed by atoms with E-state index in [-0.39, 0.29) is 5.88 Å². The molecule has 2 heterocycles. The van der Waals surface area contributed by atoms with E-state index in [1.807, 2.05) is 31.2 Å². The van der Waals surface area contributed by atoms with Gasteiger partial charge in [-0.05, 0) is 32.4 Å². The van der Waals surface area contributed by atoms with Crippen molar-refractivity contribution >= 4 is 28.7 Å². The van der Waals surface area contributed by atoms with Crippen LogP contribution >= 0.6 is 0 Å². The minimum absolute atomic E-state index is 0.207. The number of hydrogen-bond acceptors (Lipinski definition) is 6. The van der Waals surface area contributed by atoms with Crippen LogP contribution in [0.1, 0.15) is 27.3 Å². The first kappa shape index (κ1) is 16.6. The van der Waals surface area contributed by atoms with Gasteiger partial charge < -0.3 is 9.26 Å². The first-order valence-electron chi connectivity index (χ1n) is 7.72. The van der Waals surface area contributed by atoms with Crippen LogP contribution in [0.4, 0.5) is 5.88 Å². The molecule has 0 radical (unpaired) electrons. The highest BCUT2D eigenvalue weighted by Gasteiger charge is 2.19. The number of nitrogens with one attached hydrogen (secondary N) is 1. The molecule has 2 aromatic heterocycles. The molecular weight excluding hydrogens is 322 g/mol. The average molecular weight is 339 g/mol. The quantitative estimate of drug-likeness (QED) is 0.734. The third-order valence-corrected chi connectivity index (χ3v) is 3.76. The fourth-order valence-electron chi connectivity index (χ4n) is 2.63. The molecule has 0 unspecified atom stereocenters. The summed E-state index contributed by atoms with van der Waals surface area (Å²) in [5.41, 5.74) is 3.17. The second kappa shape index (κ2) is 6.72. The average Bonchev–Trinajstić information content (AvgIpc) is 2.98. The molecule has 3 aromatic rings. The van der Waals surface area contributed by atoms with Gasteiger partial charge in [0.15, 0.2) is 6.61 Å². The molecule has 0 spiro atoms. The van der Waals surface area contributed by atoms with E-state index in [0.29, 0.717) is 17.0 Å². The van der Waals surface area contributed by atoms with Crippen molar-refractivity contribution in [3.8, 4) is 0 Å². The van der Waals surface area contributed by atoms with Gasteiger partial charge in [-0.15, -0.1) is 0 Å². The Morgan fingerprint density at radius 3 is 2.68 bits per heavy atom. The Morgan fingerprint density at radius 2 is 1.96 bits per heavy atom. The number of hydrogen-bond donors (Lipinski definition) is 1. The molecule has 0 aliphatic rings. The smallest absolute Gasteiger partial charge is 0.340 e. The van der Waals surface area contributed by atoms with E-state index in [1.54, 1.807) is 19.9 Å². The van der Waals surface area contributed by atoms with Crippen molar-refractivity contribution in [1.29, 1.82) is 0 Å². The van der Waals surface area contributed by atoms with Crippen molar-refractivity contribution in [2.75, 3.05) is 11.9 Å². The molecule has 0 bridgehead atoms.